The molecule has 0 bridgehead atoms. The highest BCUT2D eigenvalue weighted by atomic mass is 19.3. The lowest BCUT2D eigenvalue weighted by Crippen LogP contribution is -2.32. The van der Waals surface area contributed by atoms with Gasteiger partial charge in [-0.25, -0.2) is 18.4 Å². The van der Waals surface area contributed by atoms with Gasteiger partial charge in [0.2, 0.25) is 5.92 Å². The fourth-order valence-electron chi connectivity index (χ4n) is 3.15. The first-order valence-electron chi connectivity index (χ1n) is 9.21. The van der Waals surface area contributed by atoms with Crippen LogP contribution in [0, 0.1) is 13.8 Å². The number of nitrogens with zero attached hydrogens (tertiary/aromatic N) is 4. The molecular weight excluding hydrogens is 352 g/mol. The van der Waals surface area contributed by atoms with Crippen molar-refractivity contribution in [1.29, 1.82) is 0 Å². The van der Waals surface area contributed by atoms with Crippen molar-refractivity contribution in [2.75, 3.05) is 11.9 Å². The molecule has 0 aromatic carbocycles. The Bertz CT molecular complexity index is 808. The highest BCUT2D eigenvalue weighted by Gasteiger charge is 2.35. The molecule has 27 heavy (non-hydrogen) atoms. The van der Waals surface area contributed by atoms with Crippen LogP contribution in [0.3, 0.4) is 0 Å². The molecule has 1 saturated carbocycles. The zero-order chi connectivity index (χ0) is 19.4. The lowest BCUT2D eigenvalue weighted by molar-refractivity contribution is -0.0361. The van der Waals surface area contributed by atoms with Gasteiger partial charge in [0.1, 0.15) is 5.82 Å². The number of aromatic nitrogens is 4. The van der Waals surface area contributed by atoms with E-state index in [9.17, 15) is 8.78 Å². The van der Waals surface area contributed by atoms with Gasteiger partial charge in [0.05, 0.1) is 24.3 Å². The number of hydrogen-bond donors (Lipinski definition) is 1. The standard InChI is InChI=1S/C19H25F2N5O/c1-4-27-10-7-16-12-17(22-15-5-8-19(20,21)9-6-15)24-18(23-16)26-14(3)11-13(2)25-26/h7,10-12,15H,4-6,8-9H2,1-3H3,(H,22,23,24). The SMILES string of the molecule is CCOC=Cc1cc(NC2CCC(F)(F)CC2)nc(-n2nc(C)cc2C)n1. The van der Waals surface area contributed by atoms with Crippen LogP contribution in [0.5, 0.6) is 0 Å². The van der Waals surface area contributed by atoms with Crippen LogP contribution in [0.15, 0.2) is 18.4 Å². The van der Waals surface area contributed by atoms with Gasteiger partial charge in [-0.2, -0.15) is 10.1 Å². The van der Waals surface area contributed by atoms with E-state index in [0.29, 0.717) is 36.9 Å². The minimum Gasteiger partial charge on any atom is -0.501 e. The molecule has 0 saturated heterocycles. The molecule has 0 amide bonds. The van der Waals surface area contributed by atoms with Crippen LogP contribution < -0.4 is 5.32 Å². The van der Waals surface area contributed by atoms with Crippen molar-refractivity contribution >= 4 is 11.9 Å². The maximum atomic E-state index is 13.4. The van der Waals surface area contributed by atoms with E-state index < -0.39 is 5.92 Å². The Morgan fingerprint density at radius 1 is 1.26 bits per heavy atom. The lowest BCUT2D eigenvalue weighted by atomic mass is 9.92. The molecule has 1 aliphatic rings. The summed E-state index contributed by atoms with van der Waals surface area (Å²) in [5.74, 6) is -1.52. The molecule has 1 N–H and O–H groups in total. The van der Waals surface area contributed by atoms with Crippen molar-refractivity contribution < 1.29 is 13.5 Å². The van der Waals surface area contributed by atoms with Crippen molar-refractivity contribution in [2.45, 2.75) is 58.4 Å². The molecule has 2 aromatic rings. The number of halogens is 2. The summed E-state index contributed by atoms with van der Waals surface area (Å²) in [6.45, 7) is 6.30. The Morgan fingerprint density at radius 3 is 2.63 bits per heavy atom. The zero-order valence-electron chi connectivity index (χ0n) is 15.9. The molecule has 1 aliphatic carbocycles. The monoisotopic (exact) mass is 377 g/mol. The summed E-state index contributed by atoms with van der Waals surface area (Å²) in [7, 11) is 0. The van der Waals surface area contributed by atoms with Crippen LogP contribution in [0.1, 0.15) is 49.7 Å². The van der Waals surface area contributed by atoms with Gasteiger partial charge in [-0.3, -0.25) is 0 Å². The van der Waals surface area contributed by atoms with E-state index in [1.807, 2.05) is 26.8 Å². The summed E-state index contributed by atoms with van der Waals surface area (Å²) in [4.78, 5) is 9.08. The number of anilines is 1. The predicted molar refractivity (Wildman–Crippen MR) is 100 cm³/mol. The van der Waals surface area contributed by atoms with Gasteiger partial charge in [-0.05, 0) is 45.8 Å². The topological polar surface area (TPSA) is 64.9 Å². The normalized spacial score (nSPS) is 17.4. The molecule has 0 spiro atoms. The molecule has 146 valence electrons. The van der Waals surface area contributed by atoms with Gasteiger partial charge in [0.25, 0.3) is 5.95 Å². The first-order chi connectivity index (χ1) is 12.9. The second-order valence-corrected chi connectivity index (χ2v) is 6.85. The molecule has 0 atom stereocenters. The number of hydrogen-bond acceptors (Lipinski definition) is 5. The van der Waals surface area contributed by atoms with E-state index in [4.69, 9.17) is 4.74 Å². The largest absolute Gasteiger partial charge is 0.501 e. The minimum atomic E-state index is -2.55. The number of aryl methyl sites for hydroxylation is 2. The molecule has 1 fully saturated rings. The Kier molecular flexibility index (Phi) is 5.72. The van der Waals surface area contributed by atoms with Gasteiger partial charge in [-0.15, -0.1) is 0 Å². The van der Waals surface area contributed by atoms with E-state index >= 15 is 0 Å². The van der Waals surface area contributed by atoms with E-state index in [2.05, 4.69) is 20.4 Å². The van der Waals surface area contributed by atoms with Crippen molar-refractivity contribution in [3.05, 3.63) is 35.5 Å². The smallest absolute Gasteiger partial charge is 0.253 e. The highest BCUT2D eigenvalue weighted by molar-refractivity contribution is 5.52. The Balaban J connectivity index is 1.87. The summed E-state index contributed by atoms with van der Waals surface area (Å²) in [6, 6.07) is 3.70. The maximum absolute atomic E-state index is 13.4. The molecule has 2 heterocycles. The van der Waals surface area contributed by atoms with Crippen LogP contribution in [-0.4, -0.2) is 38.3 Å². The molecule has 0 unspecified atom stereocenters. The first kappa shape index (κ1) is 19.3. The van der Waals surface area contributed by atoms with E-state index in [1.165, 1.54) is 0 Å². The minimum absolute atomic E-state index is 0.0310. The van der Waals surface area contributed by atoms with Gasteiger partial charge in [0.15, 0.2) is 0 Å². The van der Waals surface area contributed by atoms with E-state index in [-0.39, 0.29) is 18.9 Å². The fraction of sp³-hybridized carbons (Fsp3) is 0.526. The molecule has 6 nitrogen and oxygen atoms in total. The number of nitrogens with one attached hydrogen (secondary N) is 1. The van der Waals surface area contributed by atoms with Gasteiger partial charge < -0.3 is 10.1 Å². The maximum Gasteiger partial charge on any atom is 0.253 e. The Labute approximate surface area is 157 Å². The summed E-state index contributed by atoms with van der Waals surface area (Å²) >= 11 is 0. The van der Waals surface area contributed by atoms with Crippen molar-refractivity contribution in [3.8, 4) is 5.95 Å². The van der Waals surface area contributed by atoms with Gasteiger partial charge >= 0.3 is 0 Å². The van der Waals surface area contributed by atoms with Gasteiger partial charge in [0, 0.05) is 30.6 Å². The fourth-order valence-corrected chi connectivity index (χ4v) is 3.15. The van der Waals surface area contributed by atoms with E-state index in [1.54, 1.807) is 23.1 Å². The number of alkyl halides is 2. The molecule has 3 rings (SSSR count). The molecule has 0 aliphatic heterocycles. The van der Waals surface area contributed by atoms with Crippen LogP contribution in [0.25, 0.3) is 12.0 Å². The van der Waals surface area contributed by atoms with E-state index in [0.717, 1.165) is 11.4 Å². The zero-order valence-corrected chi connectivity index (χ0v) is 15.9. The summed E-state index contributed by atoms with van der Waals surface area (Å²) in [5.41, 5.74) is 2.45. The third-order valence-electron chi connectivity index (χ3n) is 4.50. The Morgan fingerprint density at radius 2 is 2.00 bits per heavy atom. The summed E-state index contributed by atoms with van der Waals surface area (Å²) in [5, 5.41) is 7.72. The molecular formula is C19H25F2N5O. The van der Waals surface area contributed by atoms with Crippen molar-refractivity contribution in [2.24, 2.45) is 0 Å². The first-order valence-corrected chi connectivity index (χ1v) is 9.21. The van der Waals surface area contributed by atoms with Crippen LogP contribution >= 0.6 is 0 Å². The molecule has 2 aromatic heterocycles. The molecule has 0 radical (unpaired) electrons. The number of ether oxygens (including phenoxy) is 1. The Hall–Kier alpha value is -2.51. The third kappa shape index (κ3) is 5.02. The summed E-state index contributed by atoms with van der Waals surface area (Å²) in [6.07, 6.45) is 3.96. The highest BCUT2D eigenvalue weighted by Crippen LogP contribution is 2.34. The van der Waals surface area contributed by atoms with Gasteiger partial charge in [-0.1, -0.05) is 0 Å². The second kappa shape index (κ2) is 8.02. The second-order valence-electron chi connectivity index (χ2n) is 6.85. The van der Waals surface area contributed by atoms with Crippen molar-refractivity contribution in [1.82, 2.24) is 19.7 Å². The third-order valence-corrected chi connectivity index (χ3v) is 4.50. The van der Waals surface area contributed by atoms with Crippen LogP contribution in [0.2, 0.25) is 0 Å². The molecule has 8 heteroatoms. The predicted octanol–water partition coefficient (Wildman–Crippen LogP) is 4.28. The quantitative estimate of drug-likeness (QED) is 0.762. The summed E-state index contributed by atoms with van der Waals surface area (Å²) < 4.78 is 33.7. The average Bonchev–Trinajstić information content (AvgIpc) is 2.95. The van der Waals surface area contributed by atoms with Crippen LogP contribution in [0.4, 0.5) is 14.6 Å². The lowest BCUT2D eigenvalue weighted by Gasteiger charge is -2.29. The van der Waals surface area contributed by atoms with Crippen molar-refractivity contribution in [3.63, 3.8) is 0 Å². The average molecular weight is 377 g/mol. The van der Waals surface area contributed by atoms with Crippen LogP contribution in [-0.2, 0) is 4.74 Å². The number of rotatable bonds is 6.